The zero-order valence-corrected chi connectivity index (χ0v) is 15.6. The van der Waals surface area contributed by atoms with Crippen LogP contribution in [0.2, 0.25) is 0 Å². The Hall–Kier alpha value is -1.76. The van der Waals surface area contributed by atoms with Gasteiger partial charge in [0.1, 0.15) is 0 Å². The fourth-order valence-electron chi connectivity index (χ4n) is 3.45. The van der Waals surface area contributed by atoms with Crippen LogP contribution in [0.4, 0.5) is 9.59 Å². The topological polar surface area (TPSA) is 73.9 Å². The number of ether oxygens (including phenoxy) is 1. The van der Waals surface area contributed by atoms with Crippen molar-refractivity contribution in [2.24, 2.45) is 0 Å². The fraction of sp³-hybridized carbons (Fsp3) is 0.778. The standard InChI is InChI=1S/C18H32N4O3/c1-4-25-18(24)22-11-7-16(8-12-22)20-17(23)19-15-5-9-21(10-6-15)13-14(2)3/h15-16H,2,4-13H2,1,3H3,(H2,19,20,23). The highest BCUT2D eigenvalue weighted by Crippen LogP contribution is 2.13. The molecular formula is C18H32N4O3. The quantitative estimate of drug-likeness (QED) is 0.742. The van der Waals surface area contributed by atoms with E-state index < -0.39 is 0 Å². The molecule has 0 aromatic carbocycles. The summed E-state index contributed by atoms with van der Waals surface area (Å²) in [5, 5.41) is 6.13. The lowest BCUT2D eigenvalue weighted by Gasteiger charge is -2.34. The van der Waals surface area contributed by atoms with Gasteiger partial charge in [0.2, 0.25) is 0 Å². The molecule has 0 radical (unpaired) electrons. The summed E-state index contributed by atoms with van der Waals surface area (Å²) in [6.07, 6.45) is 3.23. The smallest absolute Gasteiger partial charge is 0.409 e. The molecule has 0 spiro atoms. The highest BCUT2D eigenvalue weighted by Gasteiger charge is 2.26. The molecule has 0 bridgehead atoms. The third-order valence-corrected chi connectivity index (χ3v) is 4.77. The van der Waals surface area contributed by atoms with Crippen LogP contribution in [0.15, 0.2) is 12.2 Å². The van der Waals surface area contributed by atoms with Gasteiger partial charge in [-0.2, -0.15) is 0 Å². The van der Waals surface area contributed by atoms with E-state index in [1.807, 2.05) is 6.92 Å². The minimum absolute atomic E-state index is 0.0899. The van der Waals surface area contributed by atoms with Crippen LogP contribution >= 0.6 is 0 Å². The van der Waals surface area contributed by atoms with Gasteiger partial charge >= 0.3 is 12.1 Å². The van der Waals surface area contributed by atoms with Crippen LogP contribution in [0.1, 0.15) is 39.5 Å². The van der Waals surface area contributed by atoms with E-state index in [1.165, 1.54) is 5.57 Å². The molecule has 2 aliphatic rings. The number of amides is 3. The highest BCUT2D eigenvalue weighted by atomic mass is 16.6. The minimum atomic E-state index is -0.257. The van der Waals surface area contributed by atoms with E-state index in [0.29, 0.717) is 19.7 Å². The van der Waals surface area contributed by atoms with Gasteiger partial charge in [0, 0.05) is 44.8 Å². The normalized spacial score (nSPS) is 20.2. The van der Waals surface area contributed by atoms with Crippen molar-refractivity contribution >= 4 is 12.1 Å². The van der Waals surface area contributed by atoms with Gasteiger partial charge in [0.05, 0.1) is 6.61 Å². The molecule has 2 rings (SSSR count). The van der Waals surface area contributed by atoms with Crippen molar-refractivity contribution in [3.8, 4) is 0 Å². The fourth-order valence-corrected chi connectivity index (χ4v) is 3.45. The Balaban J connectivity index is 1.63. The largest absolute Gasteiger partial charge is 0.450 e. The SMILES string of the molecule is C=C(C)CN1CCC(NC(=O)NC2CCN(C(=O)OCC)CC2)CC1. The van der Waals surface area contributed by atoms with E-state index in [-0.39, 0.29) is 24.2 Å². The molecule has 0 aliphatic carbocycles. The minimum Gasteiger partial charge on any atom is -0.450 e. The monoisotopic (exact) mass is 352 g/mol. The van der Waals surface area contributed by atoms with E-state index in [0.717, 1.165) is 45.3 Å². The molecule has 25 heavy (non-hydrogen) atoms. The Bertz CT molecular complexity index is 467. The van der Waals surface area contributed by atoms with Gasteiger partial charge in [0.15, 0.2) is 0 Å². The summed E-state index contributed by atoms with van der Waals surface area (Å²) in [6, 6.07) is 0.267. The van der Waals surface area contributed by atoms with E-state index in [4.69, 9.17) is 4.74 Å². The first-order valence-electron chi connectivity index (χ1n) is 9.33. The van der Waals surface area contributed by atoms with Crippen LogP contribution in [0, 0.1) is 0 Å². The van der Waals surface area contributed by atoms with Crippen LogP contribution in [-0.4, -0.2) is 73.3 Å². The van der Waals surface area contributed by atoms with Crippen LogP contribution < -0.4 is 10.6 Å². The van der Waals surface area contributed by atoms with Gasteiger partial charge in [-0.3, -0.25) is 4.90 Å². The first-order valence-corrected chi connectivity index (χ1v) is 9.33. The average Bonchev–Trinajstić information content (AvgIpc) is 2.57. The first-order chi connectivity index (χ1) is 12.0. The third-order valence-electron chi connectivity index (χ3n) is 4.77. The van der Waals surface area contributed by atoms with Crippen LogP contribution in [0.5, 0.6) is 0 Å². The Kier molecular flexibility index (Phi) is 7.55. The molecule has 2 fully saturated rings. The zero-order chi connectivity index (χ0) is 18.2. The average molecular weight is 352 g/mol. The molecule has 2 aliphatic heterocycles. The molecule has 0 aromatic heterocycles. The second-order valence-electron chi connectivity index (χ2n) is 7.09. The number of nitrogens with one attached hydrogen (secondary N) is 2. The summed E-state index contributed by atoms with van der Waals surface area (Å²) in [4.78, 5) is 28.0. The van der Waals surface area contributed by atoms with Gasteiger partial charge in [-0.05, 0) is 39.5 Å². The summed E-state index contributed by atoms with van der Waals surface area (Å²) in [5.74, 6) is 0. The molecule has 0 unspecified atom stereocenters. The molecule has 7 nitrogen and oxygen atoms in total. The number of rotatable bonds is 5. The van der Waals surface area contributed by atoms with Crippen molar-refractivity contribution in [3.63, 3.8) is 0 Å². The predicted octanol–water partition coefficient (Wildman–Crippen LogP) is 1.95. The number of hydrogen-bond acceptors (Lipinski definition) is 4. The molecule has 2 N–H and O–H groups in total. The lowest BCUT2D eigenvalue weighted by molar-refractivity contribution is 0.0956. The van der Waals surface area contributed by atoms with Crippen molar-refractivity contribution in [2.75, 3.05) is 39.3 Å². The van der Waals surface area contributed by atoms with Crippen LogP contribution in [0.3, 0.4) is 0 Å². The van der Waals surface area contributed by atoms with Crippen molar-refractivity contribution in [1.82, 2.24) is 20.4 Å². The van der Waals surface area contributed by atoms with Crippen LogP contribution in [-0.2, 0) is 4.74 Å². The maximum Gasteiger partial charge on any atom is 0.409 e. The number of likely N-dealkylation sites (tertiary alicyclic amines) is 2. The number of carbonyl (C=O) groups is 2. The Morgan fingerprint density at radius 3 is 2.04 bits per heavy atom. The molecule has 3 amide bonds. The Morgan fingerprint density at radius 1 is 1.04 bits per heavy atom. The maximum absolute atomic E-state index is 12.2. The van der Waals surface area contributed by atoms with Crippen molar-refractivity contribution in [3.05, 3.63) is 12.2 Å². The number of urea groups is 1. The number of carbonyl (C=O) groups excluding carboxylic acids is 2. The second kappa shape index (κ2) is 9.65. The number of piperidine rings is 2. The van der Waals surface area contributed by atoms with E-state index >= 15 is 0 Å². The maximum atomic E-state index is 12.2. The molecule has 0 aromatic rings. The van der Waals surface area contributed by atoms with E-state index in [9.17, 15) is 9.59 Å². The Labute approximate surface area is 150 Å². The highest BCUT2D eigenvalue weighted by molar-refractivity contribution is 5.74. The molecule has 2 heterocycles. The number of hydrogen-bond donors (Lipinski definition) is 2. The van der Waals surface area contributed by atoms with E-state index in [1.54, 1.807) is 11.8 Å². The van der Waals surface area contributed by atoms with Crippen molar-refractivity contribution < 1.29 is 14.3 Å². The molecule has 0 saturated carbocycles. The van der Waals surface area contributed by atoms with Crippen LogP contribution in [0.25, 0.3) is 0 Å². The summed E-state index contributed by atoms with van der Waals surface area (Å²) in [5.41, 5.74) is 1.18. The molecule has 142 valence electrons. The van der Waals surface area contributed by atoms with Gasteiger partial charge in [-0.15, -0.1) is 0 Å². The lowest BCUT2D eigenvalue weighted by atomic mass is 10.0. The van der Waals surface area contributed by atoms with Crippen molar-refractivity contribution in [2.45, 2.75) is 51.6 Å². The molecule has 7 heteroatoms. The molecule has 0 atom stereocenters. The first kappa shape index (κ1) is 19.6. The summed E-state index contributed by atoms with van der Waals surface area (Å²) >= 11 is 0. The van der Waals surface area contributed by atoms with Gasteiger partial charge < -0.3 is 20.3 Å². The van der Waals surface area contributed by atoms with Gasteiger partial charge in [0.25, 0.3) is 0 Å². The molecule has 2 saturated heterocycles. The van der Waals surface area contributed by atoms with Crippen molar-refractivity contribution in [1.29, 1.82) is 0 Å². The Morgan fingerprint density at radius 2 is 1.56 bits per heavy atom. The summed E-state index contributed by atoms with van der Waals surface area (Å²) in [6.45, 7) is 12.4. The summed E-state index contributed by atoms with van der Waals surface area (Å²) < 4.78 is 5.01. The number of nitrogens with zero attached hydrogens (tertiary/aromatic N) is 2. The lowest BCUT2D eigenvalue weighted by Crippen LogP contribution is -2.52. The van der Waals surface area contributed by atoms with E-state index in [2.05, 4.69) is 22.1 Å². The summed E-state index contributed by atoms with van der Waals surface area (Å²) in [7, 11) is 0. The zero-order valence-electron chi connectivity index (χ0n) is 15.6. The third kappa shape index (κ3) is 6.57. The second-order valence-corrected chi connectivity index (χ2v) is 7.09. The molecular weight excluding hydrogens is 320 g/mol. The van der Waals surface area contributed by atoms with Gasteiger partial charge in [-0.1, -0.05) is 12.2 Å². The predicted molar refractivity (Wildman–Crippen MR) is 97.6 cm³/mol. The van der Waals surface area contributed by atoms with Gasteiger partial charge in [-0.25, -0.2) is 9.59 Å².